The molecule has 0 aliphatic carbocycles. The number of alkyl halides is 10. The second-order valence-electron chi connectivity index (χ2n) is 4.92. The second-order valence-corrected chi connectivity index (χ2v) is 4.92. The fraction of sp³-hybridized carbons (Fsp3) is 0.800. The molecule has 0 spiro atoms. The van der Waals surface area contributed by atoms with Gasteiger partial charge >= 0.3 is 24.2 Å². The third-order valence-corrected chi connectivity index (χ3v) is 2.79. The molecule has 0 N–H and O–H groups in total. The standard InChI is InChI=1S/C10H8F10O/c1-5(2)3-4-6(21-5,7(11,12)9(15,16)17)8(13,14)10(18,19)20/h3-4H,1-2H3. The molecule has 124 valence electrons. The Morgan fingerprint density at radius 3 is 1.19 bits per heavy atom. The summed E-state index contributed by atoms with van der Waals surface area (Å²) in [5.74, 6) is -12.9. The summed E-state index contributed by atoms with van der Waals surface area (Å²) in [6.45, 7) is 1.54. The van der Waals surface area contributed by atoms with Crippen LogP contribution in [-0.4, -0.2) is 35.4 Å². The number of hydrogen-bond donors (Lipinski definition) is 0. The van der Waals surface area contributed by atoms with Gasteiger partial charge < -0.3 is 4.74 Å². The summed E-state index contributed by atoms with van der Waals surface area (Å²) < 4.78 is 131. The average Bonchev–Trinajstić information content (AvgIpc) is 2.53. The highest BCUT2D eigenvalue weighted by Gasteiger charge is 2.86. The molecule has 1 aliphatic rings. The van der Waals surface area contributed by atoms with Crippen molar-refractivity contribution >= 4 is 0 Å². The highest BCUT2D eigenvalue weighted by molar-refractivity contribution is 5.28. The normalized spacial score (nSPS) is 22.7. The Hall–Kier alpha value is -1.00. The van der Waals surface area contributed by atoms with Gasteiger partial charge in [-0.1, -0.05) is 6.08 Å². The van der Waals surface area contributed by atoms with Crippen LogP contribution in [0.25, 0.3) is 0 Å². The summed E-state index contributed by atoms with van der Waals surface area (Å²) in [6.07, 6.45) is -13.6. The van der Waals surface area contributed by atoms with Gasteiger partial charge in [-0.25, -0.2) is 0 Å². The smallest absolute Gasteiger partial charge is 0.348 e. The fourth-order valence-corrected chi connectivity index (χ4v) is 1.76. The molecule has 11 heteroatoms. The molecule has 0 radical (unpaired) electrons. The summed E-state index contributed by atoms with van der Waals surface area (Å²) >= 11 is 0. The van der Waals surface area contributed by atoms with Gasteiger partial charge in [0.1, 0.15) is 0 Å². The van der Waals surface area contributed by atoms with Crippen molar-refractivity contribution in [3.8, 4) is 0 Å². The molecule has 1 rings (SSSR count). The Morgan fingerprint density at radius 1 is 0.667 bits per heavy atom. The van der Waals surface area contributed by atoms with Crippen molar-refractivity contribution < 1.29 is 48.6 Å². The van der Waals surface area contributed by atoms with Crippen LogP contribution >= 0.6 is 0 Å². The minimum atomic E-state index is -6.67. The molecule has 0 unspecified atom stereocenters. The van der Waals surface area contributed by atoms with Gasteiger partial charge in [-0.3, -0.25) is 0 Å². The largest absolute Gasteiger partial charge is 0.457 e. The van der Waals surface area contributed by atoms with E-state index in [2.05, 4.69) is 4.74 Å². The van der Waals surface area contributed by atoms with E-state index in [4.69, 9.17) is 0 Å². The Labute approximate surface area is 111 Å². The van der Waals surface area contributed by atoms with Crippen molar-refractivity contribution in [2.45, 2.75) is 49.2 Å². The van der Waals surface area contributed by atoms with Crippen molar-refractivity contribution in [1.29, 1.82) is 0 Å². The highest BCUT2D eigenvalue weighted by atomic mass is 19.4. The maximum Gasteiger partial charge on any atom is 0.457 e. The average molecular weight is 334 g/mol. The molecule has 0 saturated heterocycles. The van der Waals surface area contributed by atoms with Crippen LogP contribution in [0.1, 0.15) is 13.8 Å². The molecule has 0 aromatic rings. The molecule has 21 heavy (non-hydrogen) atoms. The van der Waals surface area contributed by atoms with E-state index in [-0.39, 0.29) is 0 Å². The Bertz CT molecular complexity index is 416. The van der Waals surface area contributed by atoms with E-state index >= 15 is 0 Å². The quantitative estimate of drug-likeness (QED) is 0.534. The first-order chi connectivity index (χ1) is 8.91. The van der Waals surface area contributed by atoms with E-state index in [1.807, 2.05) is 0 Å². The number of rotatable bonds is 2. The van der Waals surface area contributed by atoms with E-state index in [9.17, 15) is 43.9 Å². The van der Waals surface area contributed by atoms with Crippen molar-refractivity contribution in [2.24, 2.45) is 0 Å². The summed E-state index contributed by atoms with van der Waals surface area (Å²) in [5.41, 5.74) is -7.37. The van der Waals surface area contributed by atoms with Gasteiger partial charge in [0.25, 0.3) is 0 Å². The van der Waals surface area contributed by atoms with Crippen molar-refractivity contribution in [3.63, 3.8) is 0 Å². The molecule has 0 aromatic carbocycles. The van der Waals surface area contributed by atoms with E-state index in [1.54, 1.807) is 0 Å². The van der Waals surface area contributed by atoms with Crippen LogP contribution in [0, 0.1) is 0 Å². The first kappa shape index (κ1) is 18.1. The van der Waals surface area contributed by atoms with E-state index < -0.39 is 41.5 Å². The van der Waals surface area contributed by atoms with Gasteiger partial charge in [0.05, 0.1) is 5.60 Å². The molecule has 0 aromatic heterocycles. The van der Waals surface area contributed by atoms with Crippen LogP contribution in [0.5, 0.6) is 0 Å². The summed E-state index contributed by atoms with van der Waals surface area (Å²) in [5, 5.41) is 0. The maximum absolute atomic E-state index is 13.4. The lowest BCUT2D eigenvalue weighted by atomic mass is 9.87. The van der Waals surface area contributed by atoms with Crippen molar-refractivity contribution in [3.05, 3.63) is 12.2 Å². The predicted molar refractivity (Wildman–Crippen MR) is 49.0 cm³/mol. The lowest BCUT2D eigenvalue weighted by Crippen LogP contribution is -2.70. The molecule has 0 bridgehead atoms. The van der Waals surface area contributed by atoms with Crippen LogP contribution in [0.4, 0.5) is 43.9 Å². The molecular weight excluding hydrogens is 326 g/mol. The summed E-state index contributed by atoms with van der Waals surface area (Å²) in [6, 6.07) is 0. The molecule has 1 heterocycles. The van der Waals surface area contributed by atoms with E-state index in [0.29, 0.717) is 6.08 Å². The van der Waals surface area contributed by atoms with E-state index in [0.717, 1.165) is 13.8 Å². The molecule has 0 atom stereocenters. The third kappa shape index (κ3) is 2.38. The van der Waals surface area contributed by atoms with Gasteiger partial charge in [0.2, 0.25) is 5.60 Å². The number of hydrogen-bond acceptors (Lipinski definition) is 1. The molecule has 1 nitrogen and oxygen atoms in total. The van der Waals surface area contributed by atoms with Crippen molar-refractivity contribution in [2.75, 3.05) is 0 Å². The van der Waals surface area contributed by atoms with Gasteiger partial charge in [0, 0.05) is 0 Å². The van der Waals surface area contributed by atoms with E-state index in [1.165, 1.54) is 0 Å². The molecule has 0 amide bonds. The second kappa shape index (κ2) is 4.26. The SMILES string of the molecule is CC1(C)C=CC(C(F)(F)C(F)(F)F)(C(F)(F)C(F)(F)F)O1. The topological polar surface area (TPSA) is 9.23 Å². The minimum Gasteiger partial charge on any atom is -0.348 e. The zero-order chi connectivity index (χ0) is 17.1. The first-order valence-corrected chi connectivity index (χ1v) is 5.21. The Balaban J connectivity index is 3.61. The molecule has 0 fully saturated rings. The van der Waals surface area contributed by atoms with Crippen molar-refractivity contribution in [1.82, 2.24) is 0 Å². The maximum atomic E-state index is 13.4. The van der Waals surface area contributed by atoms with Crippen LogP contribution in [0.3, 0.4) is 0 Å². The Kier molecular flexibility index (Phi) is 3.66. The molecular formula is C10H8F10O. The van der Waals surface area contributed by atoms with Crippen LogP contribution < -0.4 is 0 Å². The van der Waals surface area contributed by atoms with Crippen LogP contribution in [0.15, 0.2) is 12.2 Å². The molecule has 1 aliphatic heterocycles. The lowest BCUT2D eigenvalue weighted by Gasteiger charge is -2.43. The fourth-order valence-electron chi connectivity index (χ4n) is 1.76. The van der Waals surface area contributed by atoms with Gasteiger partial charge in [-0.2, -0.15) is 43.9 Å². The van der Waals surface area contributed by atoms with Crippen LogP contribution in [-0.2, 0) is 4.74 Å². The Morgan fingerprint density at radius 2 is 1.00 bits per heavy atom. The zero-order valence-corrected chi connectivity index (χ0v) is 10.3. The number of halogens is 10. The minimum absolute atomic E-state index is 0.298. The predicted octanol–water partition coefficient (Wildman–Crippen LogP) is 4.49. The van der Waals surface area contributed by atoms with Gasteiger partial charge in [-0.05, 0) is 19.9 Å². The summed E-state index contributed by atoms with van der Waals surface area (Å²) in [7, 11) is 0. The van der Waals surface area contributed by atoms with Gasteiger partial charge in [-0.15, -0.1) is 0 Å². The highest BCUT2D eigenvalue weighted by Crippen LogP contribution is 2.60. The molecule has 0 saturated carbocycles. The summed E-state index contributed by atoms with van der Waals surface area (Å²) in [4.78, 5) is 0. The van der Waals surface area contributed by atoms with Gasteiger partial charge in [0.15, 0.2) is 0 Å². The zero-order valence-electron chi connectivity index (χ0n) is 10.3. The first-order valence-electron chi connectivity index (χ1n) is 5.21. The monoisotopic (exact) mass is 334 g/mol. The van der Waals surface area contributed by atoms with Crippen LogP contribution in [0.2, 0.25) is 0 Å². The lowest BCUT2D eigenvalue weighted by molar-refractivity contribution is -0.421. The third-order valence-electron chi connectivity index (χ3n) is 2.79. The number of ether oxygens (including phenoxy) is 1.